The van der Waals surface area contributed by atoms with Crippen LogP contribution < -0.4 is 10.6 Å². The molecule has 1 aromatic rings. The molecule has 0 saturated carbocycles. The number of ether oxygens (including phenoxy) is 1. The number of aryl methyl sites for hydroxylation is 2. The molecule has 3 unspecified atom stereocenters. The lowest BCUT2D eigenvalue weighted by Gasteiger charge is -2.35. The first-order valence-electron chi connectivity index (χ1n) is 11.6. The van der Waals surface area contributed by atoms with Crippen molar-refractivity contribution in [3.05, 3.63) is 34.9 Å². The third-order valence-corrected chi connectivity index (χ3v) is 5.65. The minimum Gasteiger partial charge on any atom is -0.444 e. The number of carbonyl (C=O) groups excluding carboxylic acids is 3. The zero-order valence-electron chi connectivity index (χ0n) is 21.3. The van der Waals surface area contributed by atoms with Gasteiger partial charge in [-0.2, -0.15) is 12.6 Å². The van der Waals surface area contributed by atoms with Gasteiger partial charge in [0.1, 0.15) is 17.7 Å². The van der Waals surface area contributed by atoms with Crippen molar-refractivity contribution in [3.63, 3.8) is 0 Å². The molecular formula is C25H41N3O4S. The van der Waals surface area contributed by atoms with Crippen LogP contribution in [0.2, 0.25) is 0 Å². The molecule has 0 aliphatic carbocycles. The number of hydrogen-bond donors (Lipinski definition) is 3. The number of rotatable bonds is 10. The van der Waals surface area contributed by atoms with E-state index in [1.165, 1.54) is 4.90 Å². The lowest BCUT2D eigenvalue weighted by atomic mass is 9.93. The van der Waals surface area contributed by atoms with Gasteiger partial charge in [-0.1, -0.05) is 31.5 Å². The van der Waals surface area contributed by atoms with Gasteiger partial charge in [0.15, 0.2) is 0 Å². The average molecular weight is 480 g/mol. The summed E-state index contributed by atoms with van der Waals surface area (Å²) in [5, 5.41) is 5.68. The predicted octanol–water partition coefficient (Wildman–Crippen LogP) is 4.32. The summed E-state index contributed by atoms with van der Waals surface area (Å²) in [6.07, 6.45) is 1.08. The van der Waals surface area contributed by atoms with Gasteiger partial charge < -0.3 is 20.3 Å². The normalized spacial score (nSPS) is 14.1. The Labute approximate surface area is 204 Å². The SMILES string of the molecule is CCCC(C)NC(=O)C(c1c(C)cccc1C)N(CC)C(=O)C(CS)NC(=O)OC(C)(C)C. The summed E-state index contributed by atoms with van der Waals surface area (Å²) in [7, 11) is 0. The van der Waals surface area contributed by atoms with Crippen LogP contribution in [0.3, 0.4) is 0 Å². The van der Waals surface area contributed by atoms with Crippen LogP contribution in [-0.2, 0) is 14.3 Å². The summed E-state index contributed by atoms with van der Waals surface area (Å²) in [5.74, 6) is -0.551. The molecule has 0 radical (unpaired) electrons. The van der Waals surface area contributed by atoms with E-state index >= 15 is 0 Å². The molecule has 2 N–H and O–H groups in total. The highest BCUT2D eigenvalue weighted by Crippen LogP contribution is 2.28. The van der Waals surface area contributed by atoms with Crippen molar-refractivity contribution in [1.29, 1.82) is 0 Å². The largest absolute Gasteiger partial charge is 0.444 e. The molecule has 0 fully saturated rings. The molecule has 0 heterocycles. The second kappa shape index (κ2) is 12.9. The Bertz CT molecular complexity index is 802. The van der Waals surface area contributed by atoms with Gasteiger partial charge in [-0.25, -0.2) is 4.79 Å². The van der Waals surface area contributed by atoms with E-state index in [4.69, 9.17) is 4.74 Å². The van der Waals surface area contributed by atoms with Gasteiger partial charge in [0.05, 0.1) is 0 Å². The van der Waals surface area contributed by atoms with Gasteiger partial charge in [0, 0.05) is 18.3 Å². The zero-order valence-corrected chi connectivity index (χ0v) is 22.2. The van der Waals surface area contributed by atoms with Gasteiger partial charge in [-0.05, 0) is 71.6 Å². The van der Waals surface area contributed by atoms with Crippen molar-refractivity contribution in [2.24, 2.45) is 0 Å². The lowest BCUT2D eigenvalue weighted by Crippen LogP contribution is -2.54. The Morgan fingerprint density at radius 1 is 1.09 bits per heavy atom. The number of alkyl carbamates (subject to hydrolysis) is 1. The van der Waals surface area contributed by atoms with E-state index in [-0.39, 0.29) is 30.2 Å². The Morgan fingerprint density at radius 3 is 2.12 bits per heavy atom. The number of amides is 3. The Morgan fingerprint density at radius 2 is 1.67 bits per heavy atom. The first-order chi connectivity index (χ1) is 15.4. The average Bonchev–Trinajstić information content (AvgIpc) is 2.69. The molecule has 0 spiro atoms. The van der Waals surface area contributed by atoms with Crippen LogP contribution in [-0.4, -0.2) is 52.8 Å². The number of carbonyl (C=O) groups is 3. The molecule has 33 heavy (non-hydrogen) atoms. The molecule has 0 aromatic heterocycles. The Hall–Kier alpha value is -2.22. The van der Waals surface area contributed by atoms with Crippen LogP contribution in [0.1, 0.15) is 77.1 Å². The molecule has 3 atom stereocenters. The maximum atomic E-state index is 13.6. The van der Waals surface area contributed by atoms with Crippen LogP contribution in [0.5, 0.6) is 0 Å². The standard InChI is InChI=1S/C25H41N3O4S/c1-9-12-18(5)26-22(29)21(20-16(3)13-11-14-17(20)4)28(10-2)23(30)19(15-33)27-24(31)32-25(6,7)8/h11,13-14,18-19,21,33H,9-10,12,15H2,1-8H3,(H,26,29)(H,27,31). The molecule has 7 nitrogen and oxygen atoms in total. The monoisotopic (exact) mass is 479 g/mol. The third kappa shape index (κ3) is 8.57. The highest BCUT2D eigenvalue weighted by molar-refractivity contribution is 7.80. The fourth-order valence-corrected chi connectivity index (χ4v) is 4.06. The van der Waals surface area contributed by atoms with Gasteiger partial charge in [0.25, 0.3) is 0 Å². The van der Waals surface area contributed by atoms with Gasteiger partial charge in [-0.3, -0.25) is 9.59 Å². The van der Waals surface area contributed by atoms with Crippen LogP contribution in [0.15, 0.2) is 18.2 Å². The van der Waals surface area contributed by atoms with E-state index in [9.17, 15) is 14.4 Å². The maximum absolute atomic E-state index is 13.6. The van der Waals surface area contributed by atoms with E-state index in [1.54, 1.807) is 20.8 Å². The van der Waals surface area contributed by atoms with Crippen molar-refractivity contribution in [1.82, 2.24) is 15.5 Å². The molecule has 1 aromatic carbocycles. The molecule has 0 bridgehead atoms. The number of likely N-dealkylation sites (N-methyl/N-ethyl adjacent to an activating group) is 1. The predicted molar refractivity (Wildman–Crippen MR) is 136 cm³/mol. The quantitative estimate of drug-likeness (QED) is 0.436. The first kappa shape index (κ1) is 28.8. The minimum atomic E-state index is -0.934. The highest BCUT2D eigenvalue weighted by Gasteiger charge is 2.36. The highest BCUT2D eigenvalue weighted by atomic mass is 32.1. The zero-order chi connectivity index (χ0) is 25.3. The maximum Gasteiger partial charge on any atom is 0.408 e. The molecule has 0 aliphatic rings. The summed E-state index contributed by atoms with van der Waals surface area (Å²) in [6.45, 7) is 15.3. The van der Waals surface area contributed by atoms with Crippen LogP contribution >= 0.6 is 12.6 Å². The van der Waals surface area contributed by atoms with Crippen molar-refractivity contribution in [2.75, 3.05) is 12.3 Å². The molecule has 186 valence electrons. The number of nitrogens with one attached hydrogen (secondary N) is 2. The second-order valence-electron chi connectivity index (χ2n) is 9.41. The topological polar surface area (TPSA) is 87.7 Å². The number of benzene rings is 1. The van der Waals surface area contributed by atoms with Gasteiger partial charge in [-0.15, -0.1) is 0 Å². The second-order valence-corrected chi connectivity index (χ2v) is 9.78. The summed E-state index contributed by atoms with van der Waals surface area (Å²) < 4.78 is 5.31. The van der Waals surface area contributed by atoms with E-state index in [2.05, 4.69) is 30.2 Å². The van der Waals surface area contributed by atoms with Crippen LogP contribution in [0.4, 0.5) is 4.79 Å². The van der Waals surface area contributed by atoms with Crippen molar-refractivity contribution >= 4 is 30.5 Å². The molecule has 3 amide bonds. The molecule has 1 rings (SSSR count). The van der Waals surface area contributed by atoms with Gasteiger partial charge in [0.2, 0.25) is 11.8 Å². The number of nitrogens with zero attached hydrogens (tertiary/aromatic N) is 1. The summed E-state index contributed by atoms with van der Waals surface area (Å²) >= 11 is 4.29. The molecule has 0 aliphatic heterocycles. The van der Waals surface area contributed by atoms with E-state index in [1.807, 2.05) is 45.9 Å². The lowest BCUT2D eigenvalue weighted by molar-refractivity contribution is -0.142. The summed E-state index contributed by atoms with van der Waals surface area (Å²) in [5.41, 5.74) is 1.94. The smallest absolute Gasteiger partial charge is 0.408 e. The summed E-state index contributed by atoms with van der Waals surface area (Å²) in [6, 6.07) is 4.02. The van der Waals surface area contributed by atoms with Crippen molar-refractivity contribution in [2.45, 2.75) is 92.0 Å². The fraction of sp³-hybridized carbons (Fsp3) is 0.640. The number of thiol groups is 1. The minimum absolute atomic E-state index is 0.0244. The van der Waals surface area contributed by atoms with Crippen LogP contribution in [0.25, 0.3) is 0 Å². The molecule has 8 heteroatoms. The van der Waals surface area contributed by atoms with Crippen molar-refractivity contribution in [3.8, 4) is 0 Å². The van der Waals surface area contributed by atoms with E-state index in [0.717, 1.165) is 29.5 Å². The number of hydrogen-bond acceptors (Lipinski definition) is 5. The van der Waals surface area contributed by atoms with Crippen LogP contribution in [0, 0.1) is 13.8 Å². The molecular weight excluding hydrogens is 438 g/mol. The Kier molecular flexibility index (Phi) is 11.2. The van der Waals surface area contributed by atoms with E-state index in [0.29, 0.717) is 0 Å². The molecule has 0 saturated heterocycles. The van der Waals surface area contributed by atoms with E-state index < -0.39 is 23.8 Å². The Balaban J connectivity index is 3.36. The van der Waals surface area contributed by atoms with Crippen molar-refractivity contribution < 1.29 is 19.1 Å². The fourth-order valence-electron chi connectivity index (χ4n) is 3.82. The summed E-state index contributed by atoms with van der Waals surface area (Å²) in [4.78, 5) is 41.0. The first-order valence-corrected chi connectivity index (χ1v) is 12.3. The van der Waals surface area contributed by atoms with Gasteiger partial charge >= 0.3 is 6.09 Å². The third-order valence-electron chi connectivity index (χ3n) is 5.28.